The van der Waals surface area contributed by atoms with Crippen molar-refractivity contribution < 1.29 is 4.74 Å². The molecule has 3 nitrogen and oxygen atoms in total. The van der Waals surface area contributed by atoms with E-state index in [1.807, 2.05) is 31.3 Å². The van der Waals surface area contributed by atoms with Crippen LogP contribution in [0.2, 0.25) is 0 Å². The van der Waals surface area contributed by atoms with E-state index in [1.54, 1.807) is 11.3 Å². The molecule has 18 heavy (non-hydrogen) atoms. The Kier molecular flexibility index (Phi) is 2.84. The Morgan fingerprint density at radius 2 is 2.28 bits per heavy atom. The lowest BCUT2D eigenvalue weighted by Crippen LogP contribution is -2.43. The van der Waals surface area contributed by atoms with Crippen LogP contribution in [0.4, 0.5) is 0 Å². The first-order valence-electron chi connectivity index (χ1n) is 6.10. The topological polar surface area (TPSA) is 48.1 Å². The third-order valence-corrected chi connectivity index (χ3v) is 4.30. The Morgan fingerprint density at radius 3 is 3.06 bits per heavy atom. The molecular formula is C14H16N2OS. The molecule has 0 aliphatic carbocycles. The second-order valence-corrected chi connectivity index (χ2v) is 6.09. The predicted octanol–water partition coefficient (Wildman–Crippen LogP) is 2.63. The van der Waals surface area contributed by atoms with Gasteiger partial charge < -0.3 is 10.5 Å². The van der Waals surface area contributed by atoms with Crippen LogP contribution in [0.5, 0.6) is 5.75 Å². The van der Waals surface area contributed by atoms with Crippen molar-refractivity contribution in [3.05, 3.63) is 45.9 Å². The maximum atomic E-state index is 6.61. The number of benzene rings is 1. The van der Waals surface area contributed by atoms with Gasteiger partial charge in [0.2, 0.25) is 0 Å². The largest absolute Gasteiger partial charge is 0.493 e. The Hall–Kier alpha value is -1.39. The highest BCUT2D eigenvalue weighted by molar-refractivity contribution is 7.11. The zero-order valence-corrected chi connectivity index (χ0v) is 11.2. The first kappa shape index (κ1) is 11.7. The van der Waals surface area contributed by atoms with Gasteiger partial charge in [-0.3, -0.25) is 0 Å². The third-order valence-electron chi connectivity index (χ3n) is 3.39. The second kappa shape index (κ2) is 4.37. The monoisotopic (exact) mass is 260 g/mol. The van der Waals surface area contributed by atoms with Gasteiger partial charge >= 0.3 is 0 Å². The van der Waals surface area contributed by atoms with Gasteiger partial charge in [0.1, 0.15) is 5.75 Å². The molecule has 2 heterocycles. The van der Waals surface area contributed by atoms with Crippen LogP contribution in [0.15, 0.2) is 30.5 Å². The van der Waals surface area contributed by atoms with Crippen molar-refractivity contribution in [2.24, 2.45) is 5.73 Å². The summed E-state index contributed by atoms with van der Waals surface area (Å²) >= 11 is 1.72. The van der Waals surface area contributed by atoms with Gasteiger partial charge in [0.25, 0.3) is 0 Å². The summed E-state index contributed by atoms with van der Waals surface area (Å²) in [6, 6.07) is 8.07. The molecule has 0 fully saturated rings. The SMILES string of the molecule is Cc1ncc(CC2(N)CCOc3ccccc32)s1. The molecule has 1 aliphatic heterocycles. The van der Waals surface area contributed by atoms with E-state index in [-0.39, 0.29) is 5.54 Å². The Bertz CT molecular complexity index is 566. The van der Waals surface area contributed by atoms with E-state index in [0.717, 1.165) is 29.2 Å². The minimum Gasteiger partial charge on any atom is -0.493 e. The fraction of sp³-hybridized carbons (Fsp3) is 0.357. The summed E-state index contributed by atoms with van der Waals surface area (Å²) in [7, 11) is 0. The minimum atomic E-state index is -0.326. The number of nitrogens with two attached hydrogens (primary N) is 1. The molecule has 1 aromatic heterocycles. The fourth-order valence-corrected chi connectivity index (χ4v) is 3.38. The highest BCUT2D eigenvalue weighted by atomic mass is 32.1. The smallest absolute Gasteiger partial charge is 0.124 e. The molecule has 3 rings (SSSR count). The predicted molar refractivity (Wildman–Crippen MR) is 73.0 cm³/mol. The zero-order valence-electron chi connectivity index (χ0n) is 10.3. The average Bonchev–Trinajstić information content (AvgIpc) is 2.75. The summed E-state index contributed by atoms with van der Waals surface area (Å²) in [5.41, 5.74) is 7.40. The summed E-state index contributed by atoms with van der Waals surface area (Å²) in [6.45, 7) is 2.71. The summed E-state index contributed by atoms with van der Waals surface area (Å²) in [4.78, 5) is 5.54. The molecule has 4 heteroatoms. The van der Waals surface area contributed by atoms with E-state index in [1.165, 1.54) is 4.88 Å². The van der Waals surface area contributed by atoms with Crippen LogP contribution in [0, 0.1) is 6.92 Å². The van der Waals surface area contributed by atoms with Crippen LogP contribution in [0.3, 0.4) is 0 Å². The Morgan fingerprint density at radius 1 is 1.44 bits per heavy atom. The average molecular weight is 260 g/mol. The van der Waals surface area contributed by atoms with Gasteiger partial charge in [-0.2, -0.15) is 0 Å². The maximum absolute atomic E-state index is 6.61. The lowest BCUT2D eigenvalue weighted by Gasteiger charge is -2.35. The van der Waals surface area contributed by atoms with Gasteiger partial charge in [-0.1, -0.05) is 18.2 Å². The first-order valence-corrected chi connectivity index (χ1v) is 6.91. The van der Waals surface area contributed by atoms with Crippen molar-refractivity contribution in [2.45, 2.75) is 25.3 Å². The summed E-state index contributed by atoms with van der Waals surface area (Å²) < 4.78 is 5.67. The number of rotatable bonds is 2. The van der Waals surface area contributed by atoms with Gasteiger partial charge in [-0.05, 0) is 13.0 Å². The van der Waals surface area contributed by atoms with Gasteiger partial charge in [-0.25, -0.2) is 4.98 Å². The molecule has 1 unspecified atom stereocenters. The molecule has 0 saturated carbocycles. The number of fused-ring (bicyclic) bond motifs is 1. The summed E-state index contributed by atoms with van der Waals surface area (Å²) in [5.74, 6) is 0.924. The standard InChI is InChI=1S/C14H16N2OS/c1-10-16-9-11(18-10)8-14(15)6-7-17-13-5-3-2-4-12(13)14/h2-5,9H,6-8,15H2,1H3. The molecule has 1 atom stereocenters. The van der Waals surface area contributed by atoms with Crippen molar-refractivity contribution in [2.75, 3.05) is 6.61 Å². The van der Waals surface area contributed by atoms with Gasteiger partial charge in [0, 0.05) is 29.5 Å². The van der Waals surface area contributed by atoms with Gasteiger partial charge in [0.05, 0.1) is 17.2 Å². The number of hydrogen-bond acceptors (Lipinski definition) is 4. The van der Waals surface area contributed by atoms with E-state index in [9.17, 15) is 0 Å². The zero-order chi connectivity index (χ0) is 12.6. The molecule has 0 bridgehead atoms. The van der Waals surface area contributed by atoms with Crippen molar-refractivity contribution >= 4 is 11.3 Å². The van der Waals surface area contributed by atoms with Crippen molar-refractivity contribution in [1.29, 1.82) is 0 Å². The van der Waals surface area contributed by atoms with E-state index >= 15 is 0 Å². The van der Waals surface area contributed by atoms with Crippen molar-refractivity contribution in [1.82, 2.24) is 4.98 Å². The van der Waals surface area contributed by atoms with Gasteiger partial charge in [0.15, 0.2) is 0 Å². The molecule has 2 N–H and O–H groups in total. The van der Waals surface area contributed by atoms with E-state index < -0.39 is 0 Å². The third kappa shape index (κ3) is 2.02. The summed E-state index contributed by atoms with van der Waals surface area (Å²) in [6.07, 6.45) is 3.62. The van der Waals surface area contributed by atoms with Crippen molar-refractivity contribution in [3.8, 4) is 5.75 Å². The van der Waals surface area contributed by atoms with Crippen LogP contribution in [-0.2, 0) is 12.0 Å². The Balaban J connectivity index is 1.95. The number of hydrogen-bond donors (Lipinski definition) is 1. The molecule has 0 radical (unpaired) electrons. The number of nitrogens with zero attached hydrogens (tertiary/aromatic N) is 1. The molecule has 0 saturated heterocycles. The first-order chi connectivity index (χ1) is 8.67. The molecule has 94 valence electrons. The molecule has 0 amide bonds. The van der Waals surface area contributed by atoms with E-state index in [0.29, 0.717) is 6.61 Å². The number of para-hydroxylation sites is 1. The second-order valence-electron chi connectivity index (χ2n) is 4.77. The molecule has 2 aromatic rings. The van der Waals surface area contributed by atoms with Crippen molar-refractivity contribution in [3.63, 3.8) is 0 Å². The highest BCUT2D eigenvalue weighted by Crippen LogP contribution is 2.37. The maximum Gasteiger partial charge on any atom is 0.124 e. The van der Waals surface area contributed by atoms with Crippen LogP contribution < -0.4 is 10.5 Å². The van der Waals surface area contributed by atoms with Crippen LogP contribution >= 0.6 is 11.3 Å². The highest BCUT2D eigenvalue weighted by Gasteiger charge is 2.34. The lowest BCUT2D eigenvalue weighted by molar-refractivity contribution is 0.216. The quantitative estimate of drug-likeness (QED) is 0.903. The van der Waals surface area contributed by atoms with Crippen LogP contribution in [0.25, 0.3) is 0 Å². The number of ether oxygens (including phenoxy) is 1. The Labute approximate surface area is 111 Å². The van der Waals surface area contributed by atoms with Crippen LogP contribution in [0.1, 0.15) is 21.9 Å². The van der Waals surface area contributed by atoms with E-state index in [4.69, 9.17) is 10.5 Å². The molecular weight excluding hydrogens is 244 g/mol. The lowest BCUT2D eigenvalue weighted by atomic mass is 9.82. The van der Waals surface area contributed by atoms with E-state index in [2.05, 4.69) is 11.1 Å². The molecule has 1 aliphatic rings. The summed E-state index contributed by atoms with van der Waals surface area (Å²) in [5, 5.41) is 1.09. The van der Waals surface area contributed by atoms with Crippen LogP contribution in [-0.4, -0.2) is 11.6 Å². The number of thiazole rings is 1. The molecule has 0 spiro atoms. The number of aryl methyl sites for hydroxylation is 1. The molecule has 1 aromatic carbocycles. The minimum absolute atomic E-state index is 0.326. The number of aromatic nitrogens is 1. The van der Waals surface area contributed by atoms with Gasteiger partial charge in [-0.15, -0.1) is 11.3 Å². The fourth-order valence-electron chi connectivity index (χ4n) is 2.46. The normalized spacial score (nSPS) is 22.3.